The molecule has 2 rings (SSSR count). The zero-order valence-corrected chi connectivity index (χ0v) is 14.4. The molecule has 9 nitrogen and oxygen atoms in total. The summed E-state index contributed by atoms with van der Waals surface area (Å²) in [6.45, 7) is 6.81. The number of aryl methyl sites for hydroxylation is 3. The fourth-order valence-corrected chi connectivity index (χ4v) is 2.20. The molecule has 0 bridgehead atoms. The first-order valence-corrected chi connectivity index (χ1v) is 7.52. The number of hydrogen-bond acceptors (Lipinski definition) is 6. The van der Waals surface area contributed by atoms with Gasteiger partial charge in [-0.25, -0.2) is 9.59 Å². The number of hydrogen-bond donors (Lipinski definition) is 2. The highest BCUT2D eigenvalue weighted by atomic mass is 16.5. The molecule has 1 aromatic heterocycles. The van der Waals surface area contributed by atoms with E-state index < -0.39 is 24.0 Å². The molecule has 1 aromatic carbocycles. The summed E-state index contributed by atoms with van der Waals surface area (Å²) in [5, 5.41) is 10.2. The molecule has 3 amide bonds. The molecular formula is C16H19N5O4. The molecule has 1 atom stereocenters. The SMILES string of the molecule is Cc1ccc(-n2nc(C)c(C(=O)O[C@H](C)C(=O)NC(N)=O)n2)c(C)c1. The lowest BCUT2D eigenvalue weighted by molar-refractivity contribution is -0.127. The quantitative estimate of drug-likeness (QED) is 0.793. The molecule has 3 N–H and O–H groups in total. The van der Waals surface area contributed by atoms with Gasteiger partial charge in [-0.15, -0.1) is 5.10 Å². The number of benzene rings is 1. The van der Waals surface area contributed by atoms with Crippen LogP contribution in [0.4, 0.5) is 4.79 Å². The van der Waals surface area contributed by atoms with Gasteiger partial charge in [0.1, 0.15) is 0 Å². The van der Waals surface area contributed by atoms with Crippen molar-refractivity contribution in [2.24, 2.45) is 5.73 Å². The third kappa shape index (κ3) is 4.19. The zero-order chi connectivity index (χ0) is 18.7. The highest BCUT2D eigenvalue weighted by molar-refractivity contribution is 5.97. The maximum atomic E-state index is 12.2. The number of primary amides is 1. The van der Waals surface area contributed by atoms with Gasteiger partial charge in [0.05, 0.1) is 11.4 Å². The molecule has 0 aliphatic rings. The third-order valence-electron chi connectivity index (χ3n) is 3.44. The first kappa shape index (κ1) is 18.1. The highest BCUT2D eigenvalue weighted by Gasteiger charge is 2.24. The van der Waals surface area contributed by atoms with Gasteiger partial charge in [0.2, 0.25) is 0 Å². The summed E-state index contributed by atoms with van der Waals surface area (Å²) >= 11 is 0. The fourth-order valence-electron chi connectivity index (χ4n) is 2.20. The number of urea groups is 1. The van der Waals surface area contributed by atoms with Crippen molar-refractivity contribution in [3.63, 3.8) is 0 Å². The van der Waals surface area contributed by atoms with E-state index in [1.807, 2.05) is 37.4 Å². The van der Waals surface area contributed by atoms with Crippen LogP contribution in [0.1, 0.15) is 34.2 Å². The lowest BCUT2D eigenvalue weighted by Gasteiger charge is -2.10. The fraction of sp³-hybridized carbons (Fsp3) is 0.312. The van der Waals surface area contributed by atoms with E-state index >= 15 is 0 Å². The first-order valence-electron chi connectivity index (χ1n) is 7.52. The number of ether oxygens (including phenoxy) is 1. The van der Waals surface area contributed by atoms with Crippen LogP contribution in [-0.4, -0.2) is 39.0 Å². The number of esters is 1. The summed E-state index contributed by atoms with van der Waals surface area (Å²) in [6, 6.07) is 4.71. The Morgan fingerprint density at radius 3 is 2.48 bits per heavy atom. The molecule has 0 fully saturated rings. The van der Waals surface area contributed by atoms with E-state index in [2.05, 4.69) is 10.2 Å². The van der Waals surface area contributed by atoms with Crippen molar-refractivity contribution in [3.05, 3.63) is 40.7 Å². The number of rotatable bonds is 4. The molecular weight excluding hydrogens is 326 g/mol. The Bertz CT molecular complexity index is 843. The van der Waals surface area contributed by atoms with Gasteiger partial charge in [0, 0.05) is 0 Å². The van der Waals surface area contributed by atoms with Crippen LogP contribution in [-0.2, 0) is 9.53 Å². The third-order valence-corrected chi connectivity index (χ3v) is 3.44. The molecule has 0 spiro atoms. The van der Waals surface area contributed by atoms with Gasteiger partial charge in [-0.2, -0.15) is 9.90 Å². The van der Waals surface area contributed by atoms with Crippen molar-refractivity contribution < 1.29 is 19.1 Å². The van der Waals surface area contributed by atoms with Crippen LogP contribution < -0.4 is 11.1 Å². The molecule has 0 unspecified atom stereocenters. The second-order valence-electron chi connectivity index (χ2n) is 5.61. The van der Waals surface area contributed by atoms with Crippen LogP contribution in [0.3, 0.4) is 0 Å². The molecule has 132 valence electrons. The van der Waals surface area contributed by atoms with E-state index in [0.29, 0.717) is 5.69 Å². The second kappa shape index (κ2) is 7.12. The van der Waals surface area contributed by atoms with Gasteiger partial charge in [0.25, 0.3) is 5.91 Å². The second-order valence-corrected chi connectivity index (χ2v) is 5.61. The minimum atomic E-state index is -1.20. The molecule has 0 aliphatic heterocycles. The summed E-state index contributed by atoms with van der Waals surface area (Å²) < 4.78 is 5.00. The minimum Gasteiger partial charge on any atom is -0.448 e. The standard InChI is InChI=1S/C16H19N5O4/c1-8-5-6-12(9(2)7-8)21-19-10(3)13(20-21)15(23)25-11(4)14(22)18-16(17)24/h5-7,11H,1-4H3,(H3,17,18,22,24)/t11-/m1/s1. The van der Waals surface area contributed by atoms with Crippen molar-refractivity contribution in [1.82, 2.24) is 20.3 Å². The molecule has 0 aliphatic carbocycles. The van der Waals surface area contributed by atoms with Gasteiger partial charge < -0.3 is 10.5 Å². The van der Waals surface area contributed by atoms with E-state index in [-0.39, 0.29) is 5.69 Å². The minimum absolute atomic E-state index is 0.0151. The van der Waals surface area contributed by atoms with Crippen molar-refractivity contribution in [2.45, 2.75) is 33.8 Å². The van der Waals surface area contributed by atoms with Crippen molar-refractivity contribution in [2.75, 3.05) is 0 Å². The normalized spacial score (nSPS) is 11.7. The van der Waals surface area contributed by atoms with Gasteiger partial charge >= 0.3 is 12.0 Å². The number of nitrogens with zero attached hydrogens (tertiary/aromatic N) is 3. The number of nitrogens with one attached hydrogen (secondary N) is 1. The molecule has 0 saturated heterocycles. The van der Waals surface area contributed by atoms with Crippen molar-refractivity contribution >= 4 is 17.9 Å². The molecule has 9 heteroatoms. The molecule has 1 heterocycles. The number of imide groups is 1. The average molecular weight is 345 g/mol. The number of nitrogens with two attached hydrogens (primary N) is 1. The van der Waals surface area contributed by atoms with Gasteiger partial charge in [-0.1, -0.05) is 17.7 Å². The van der Waals surface area contributed by atoms with E-state index in [0.717, 1.165) is 16.8 Å². The lowest BCUT2D eigenvalue weighted by Crippen LogP contribution is -2.42. The van der Waals surface area contributed by atoms with E-state index in [9.17, 15) is 14.4 Å². The van der Waals surface area contributed by atoms with E-state index in [4.69, 9.17) is 10.5 Å². The Hall–Kier alpha value is -3.23. The monoisotopic (exact) mass is 345 g/mol. The Morgan fingerprint density at radius 2 is 1.88 bits per heavy atom. The summed E-state index contributed by atoms with van der Waals surface area (Å²) in [7, 11) is 0. The zero-order valence-electron chi connectivity index (χ0n) is 14.4. The average Bonchev–Trinajstić information content (AvgIpc) is 2.88. The van der Waals surface area contributed by atoms with Crippen molar-refractivity contribution in [1.29, 1.82) is 0 Å². The van der Waals surface area contributed by atoms with Gasteiger partial charge in [-0.3, -0.25) is 10.1 Å². The molecule has 0 radical (unpaired) electrons. The van der Waals surface area contributed by atoms with Crippen LogP contribution >= 0.6 is 0 Å². The topological polar surface area (TPSA) is 129 Å². The summed E-state index contributed by atoms with van der Waals surface area (Å²) in [5.41, 5.74) is 7.97. The Morgan fingerprint density at radius 1 is 1.20 bits per heavy atom. The number of carbonyl (C=O) groups is 3. The summed E-state index contributed by atoms with van der Waals surface area (Å²) in [4.78, 5) is 35.8. The predicted molar refractivity (Wildman–Crippen MR) is 88.2 cm³/mol. The molecule has 2 aromatic rings. The van der Waals surface area contributed by atoms with Crippen LogP contribution in [0, 0.1) is 20.8 Å². The summed E-state index contributed by atoms with van der Waals surface area (Å²) in [5.74, 6) is -1.64. The number of amides is 3. The molecule has 0 saturated carbocycles. The van der Waals surface area contributed by atoms with Crippen LogP contribution in [0.5, 0.6) is 0 Å². The van der Waals surface area contributed by atoms with E-state index in [1.165, 1.54) is 11.7 Å². The van der Waals surface area contributed by atoms with Gasteiger partial charge in [-0.05, 0) is 39.3 Å². The Kier molecular flexibility index (Phi) is 5.16. The van der Waals surface area contributed by atoms with Crippen molar-refractivity contribution in [3.8, 4) is 5.69 Å². The Labute approximate surface area is 144 Å². The van der Waals surface area contributed by atoms with E-state index in [1.54, 1.807) is 6.92 Å². The summed E-state index contributed by atoms with van der Waals surface area (Å²) in [6.07, 6.45) is -1.20. The smallest absolute Gasteiger partial charge is 0.361 e. The number of aromatic nitrogens is 3. The maximum absolute atomic E-state index is 12.2. The maximum Gasteiger partial charge on any atom is 0.361 e. The lowest BCUT2D eigenvalue weighted by atomic mass is 10.1. The van der Waals surface area contributed by atoms with Crippen LogP contribution in [0.25, 0.3) is 5.69 Å². The van der Waals surface area contributed by atoms with Crippen LogP contribution in [0.15, 0.2) is 18.2 Å². The first-order chi connectivity index (χ1) is 11.7. The Balaban J connectivity index is 2.20. The van der Waals surface area contributed by atoms with Gasteiger partial charge in [0.15, 0.2) is 11.8 Å². The number of carbonyl (C=O) groups excluding carboxylic acids is 3. The van der Waals surface area contributed by atoms with Crippen LogP contribution in [0.2, 0.25) is 0 Å². The predicted octanol–water partition coefficient (Wildman–Crippen LogP) is 0.933. The highest BCUT2D eigenvalue weighted by Crippen LogP contribution is 2.16. The molecule has 25 heavy (non-hydrogen) atoms. The largest absolute Gasteiger partial charge is 0.448 e.